The molecule has 0 amide bonds. The molecule has 0 unspecified atom stereocenters. The van der Waals surface area contributed by atoms with E-state index in [2.05, 4.69) is 25.4 Å². The van der Waals surface area contributed by atoms with E-state index in [9.17, 15) is 0 Å². The van der Waals surface area contributed by atoms with Crippen LogP contribution in [-0.4, -0.2) is 19.9 Å². The summed E-state index contributed by atoms with van der Waals surface area (Å²) in [4.78, 5) is 15.0. The summed E-state index contributed by atoms with van der Waals surface area (Å²) in [5.41, 5.74) is 2.44. The summed E-state index contributed by atoms with van der Waals surface area (Å²) in [5, 5.41) is 0. The van der Waals surface area contributed by atoms with E-state index in [0.29, 0.717) is 17.5 Å². The van der Waals surface area contributed by atoms with E-state index in [1.807, 2.05) is 0 Å². The van der Waals surface area contributed by atoms with Crippen LogP contribution in [-0.2, 0) is 0 Å². The Morgan fingerprint density at radius 3 is 2.92 bits per heavy atom. The minimum atomic E-state index is 0.514. The Morgan fingerprint density at radius 1 is 1.31 bits per heavy atom. The molecule has 0 aromatic carbocycles. The lowest BCUT2D eigenvalue weighted by molar-refractivity contribution is 1.10. The molecule has 0 aliphatic heterocycles. The lowest BCUT2D eigenvalue weighted by atomic mass is 10.5. The molecule has 2 rings (SSSR count). The highest BCUT2D eigenvalue weighted by molar-refractivity contribution is 5.46. The van der Waals surface area contributed by atoms with Gasteiger partial charge in [0.25, 0.3) is 0 Å². The maximum atomic E-state index is 5.20. The number of H-pyrrole nitrogens is 1. The molecule has 66 valence electrons. The zero-order chi connectivity index (χ0) is 9.10. The molecule has 0 atom stereocenters. The third-order valence-electron chi connectivity index (χ3n) is 1.51. The second-order valence-corrected chi connectivity index (χ2v) is 2.35. The molecular formula is C7H8N6. The Labute approximate surface area is 74.2 Å². The summed E-state index contributed by atoms with van der Waals surface area (Å²) in [5.74, 6) is 6.89. The summed E-state index contributed by atoms with van der Waals surface area (Å²) >= 11 is 0. The first kappa shape index (κ1) is 7.69. The van der Waals surface area contributed by atoms with Crippen LogP contribution in [0.25, 0.3) is 11.6 Å². The van der Waals surface area contributed by atoms with Gasteiger partial charge in [-0.3, -0.25) is 0 Å². The molecule has 0 radical (unpaired) electrons. The number of rotatable bonds is 2. The van der Waals surface area contributed by atoms with Gasteiger partial charge in [-0.25, -0.2) is 20.8 Å². The highest BCUT2D eigenvalue weighted by Crippen LogP contribution is 2.09. The van der Waals surface area contributed by atoms with Crippen LogP contribution in [0, 0.1) is 0 Å². The van der Waals surface area contributed by atoms with E-state index >= 15 is 0 Å². The van der Waals surface area contributed by atoms with Crippen molar-refractivity contribution in [3.05, 3.63) is 24.7 Å². The van der Waals surface area contributed by atoms with Crippen molar-refractivity contribution in [1.82, 2.24) is 19.9 Å². The van der Waals surface area contributed by atoms with Crippen molar-refractivity contribution in [2.45, 2.75) is 0 Å². The maximum Gasteiger partial charge on any atom is 0.197 e. The molecule has 2 aromatic heterocycles. The van der Waals surface area contributed by atoms with Gasteiger partial charge in [-0.2, -0.15) is 0 Å². The van der Waals surface area contributed by atoms with Crippen LogP contribution in [0.1, 0.15) is 0 Å². The minimum absolute atomic E-state index is 0.514. The standard InChI is InChI=1S/C7H8N6/c8-13-5-1-2-9-7(12-5)6-10-3-4-11-6/h1-4H,8H2,(H,10,11)(H,9,12,13). The molecule has 2 aromatic rings. The molecule has 0 fully saturated rings. The molecule has 0 aliphatic rings. The first-order valence-electron chi connectivity index (χ1n) is 3.69. The van der Waals surface area contributed by atoms with E-state index < -0.39 is 0 Å². The zero-order valence-electron chi connectivity index (χ0n) is 6.73. The topological polar surface area (TPSA) is 92.5 Å². The average molecular weight is 176 g/mol. The molecule has 13 heavy (non-hydrogen) atoms. The molecule has 0 saturated carbocycles. The van der Waals surface area contributed by atoms with Crippen LogP contribution in [0.3, 0.4) is 0 Å². The average Bonchev–Trinajstić information content (AvgIpc) is 2.71. The molecule has 0 saturated heterocycles. The number of hydrogen-bond acceptors (Lipinski definition) is 5. The Kier molecular flexibility index (Phi) is 1.89. The molecule has 6 nitrogen and oxygen atoms in total. The predicted octanol–water partition coefficient (Wildman–Crippen LogP) is 0.152. The second kappa shape index (κ2) is 3.20. The van der Waals surface area contributed by atoms with Gasteiger partial charge in [0.15, 0.2) is 11.6 Å². The van der Waals surface area contributed by atoms with Gasteiger partial charge >= 0.3 is 0 Å². The van der Waals surface area contributed by atoms with Gasteiger partial charge in [-0.1, -0.05) is 0 Å². The number of aromatic amines is 1. The van der Waals surface area contributed by atoms with Crippen LogP contribution in [0.15, 0.2) is 24.7 Å². The van der Waals surface area contributed by atoms with Crippen molar-refractivity contribution < 1.29 is 0 Å². The van der Waals surface area contributed by atoms with Crippen LogP contribution in [0.5, 0.6) is 0 Å². The van der Waals surface area contributed by atoms with E-state index in [-0.39, 0.29) is 0 Å². The van der Waals surface area contributed by atoms with E-state index in [0.717, 1.165) is 0 Å². The highest BCUT2D eigenvalue weighted by Gasteiger charge is 2.02. The fourth-order valence-electron chi connectivity index (χ4n) is 0.941. The van der Waals surface area contributed by atoms with Crippen molar-refractivity contribution in [2.24, 2.45) is 5.84 Å². The van der Waals surface area contributed by atoms with E-state index in [1.54, 1.807) is 24.7 Å². The SMILES string of the molecule is NNc1ccnc(-c2ncc[nH]2)n1. The summed E-state index contributed by atoms with van der Waals surface area (Å²) in [6.07, 6.45) is 4.96. The van der Waals surface area contributed by atoms with Crippen molar-refractivity contribution >= 4 is 5.82 Å². The minimum Gasteiger partial charge on any atom is -0.342 e. The van der Waals surface area contributed by atoms with Crippen LogP contribution in [0.2, 0.25) is 0 Å². The maximum absolute atomic E-state index is 5.20. The molecule has 0 aliphatic carbocycles. The summed E-state index contributed by atoms with van der Waals surface area (Å²) in [6, 6.07) is 1.67. The lowest BCUT2D eigenvalue weighted by Crippen LogP contribution is -2.09. The highest BCUT2D eigenvalue weighted by atomic mass is 15.3. The lowest BCUT2D eigenvalue weighted by Gasteiger charge is -1.99. The number of hydrogen-bond donors (Lipinski definition) is 3. The largest absolute Gasteiger partial charge is 0.342 e. The number of nitrogen functional groups attached to an aromatic ring is 1. The Morgan fingerprint density at radius 2 is 2.23 bits per heavy atom. The fraction of sp³-hybridized carbons (Fsp3) is 0. The first-order chi connectivity index (χ1) is 6.40. The van der Waals surface area contributed by atoms with Crippen LogP contribution < -0.4 is 11.3 Å². The second-order valence-electron chi connectivity index (χ2n) is 2.35. The number of aromatic nitrogens is 4. The van der Waals surface area contributed by atoms with Crippen molar-refractivity contribution in [1.29, 1.82) is 0 Å². The van der Waals surface area contributed by atoms with Gasteiger partial charge in [0.05, 0.1) is 0 Å². The fourth-order valence-corrected chi connectivity index (χ4v) is 0.941. The van der Waals surface area contributed by atoms with Gasteiger partial charge in [-0.15, -0.1) is 0 Å². The summed E-state index contributed by atoms with van der Waals surface area (Å²) in [6.45, 7) is 0. The predicted molar refractivity (Wildman–Crippen MR) is 47.4 cm³/mol. The molecular weight excluding hydrogens is 168 g/mol. The normalized spacial score (nSPS) is 9.92. The zero-order valence-corrected chi connectivity index (χ0v) is 6.73. The Hall–Kier alpha value is -1.95. The van der Waals surface area contributed by atoms with Crippen LogP contribution >= 0.6 is 0 Å². The molecule has 4 N–H and O–H groups in total. The molecule has 0 bridgehead atoms. The summed E-state index contributed by atoms with van der Waals surface area (Å²) < 4.78 is 0. The number of nitrogens with zero attached hydrogens (tertiary/aromatic N) is 3. The quantitative estimate of drug-likeness (QED) is 0.447. The van der Waals surface area contributed by atoms with Crippen molar-refractivity contribution in [2.75, 3.05) is 5.43 Å². The number of nitrogens with one attached hydrogen (secondary N) is 2. The van der Waals surface area contributed by atoms with Gasteiger partial charge in [0, 0.05) is 24.7 Å². The Bertz CT molecular complexity index is 382. The first-order valence-corrected chi connectivity index (χ1v) is 3.69. The third kappa shape index (κ3) is 1.47. The van der Waals surface area contributed by atoms with Crippen molar-refractivity contribution in [3.63, 3.8) is 0 Å². The number of hydrazine groups is 1. The third-order valence-corrected chi connectivity index (χ3v) is 1.51. The molecule has 2 heterocycles. The number of nitrogens with two attached hydrogens (primary N) is 1. The van der Waals surface area contributed by atoms with Crippen molar-refractivity contribution in [3.8, 4) is 11.6 Å². The summed E-state index contributed by atoms with van der Waals surface area (Å²) in [7, 11) is 0. The van der Waals surface area contributed by atoms with Gasteiger partial charge in [-0.05, 0) is 0 Å². The van der Waals surface area contributed by atoms with Gasteiger partial charge < -0.3 is 10.4 Å². The smallest absolute Gasteiger partial charge is 0.197 e. The van der Waals surface area contributed by atoms with E-state index in [1.165, 1.54) is 0 Å². The number of anilines is 1. The molecule has 6 heteroatoms. The monoisotopic (exact) mass is 176 g/mol. The van der Waals surface area contributed by atoms with Gasteiger partial charge in [0.1, 0.15) is 5.82 Å². The number of imidazole rings is 1. The van der Waals surface area contributed by atoms with E-state index in [4.69, 9.17) is 5.84 Å². The molecule has 0 spiro atoms. The van der Waals surface area contributed by atoms with Crippen LogP contribution in [0.4, 0.5) is 5.82 Å². The Balaban J connectivity index is 2.41. The van der Waals surface area contributed by atoms with Gasteiger partial charge in [0.2, 0.25) is 0 Å².